The van der Waals surface area contributed by atoms with E-state index in [9.17, 15) is 14.4 Å². The maximum Gasteiger partial charge on any atom is 0.182 e. The van der Waals surface area contributed by atoms with Gasteiger partial charge in [0.15, 0.2) is 17.3 Å². The van der Waals surface area contributed by atoms with E-state index in [0.29, 0.717) is 16.9 Å². The van der Waals surface area contributed by atoms with Crippen molar-refractivity contribution in [2.75, 3.05) is 7.11 Å². The third-order valence-electron chi connectivity index (χ3n) is 3.82. The van der Waals surface area contributed by atoms with E-state index in [1.54, 1.807) is 61.7 Å². The number of carbonyl (C=O) groups excluding carboxylic acids is 3. The van der Waals surface area contributed by atoms with Gasteiger partial charge < -0.3 is 4.74 Å². The normalized spacial score (nSPS) is 14.3. The van der Waals surface area contributed by atoms with Crippen LogP contribution in [0.2, 0.25) is 0 Å². The minimum atomic E-state index is -1.25. The summed E-state index contributed by atoms with van der Waals surface area (Å²) in [5.74, 6) is -1.87. The molecule has 0 atom stereocenters. The van der Waals surface area contributed by atoms with Gasteiger partial charge in [0.25, 0.3) is 0 Å². The van der Waals surface area contributed by atoms with Gasteiger partial charge in [-0.25, -0.2) is 0 Å². The largest absolute Gasteiger partial charge is 0.497 e. The van der Waals surface area contributed by atoms with E-state index in [-0.39, 0.29) is 0 Å². The fourth-order valence-electron chi connectivity index (χ4n) is 2.59. The molecule has 3 rings (SSSR count). The van der Waals surface area contributed by atoms with Crippen LogP contribution in [0.15, 0.2) is 54.6 Å². The van der Waals surface area contributed by atoms with Crippen LogP contribution in [0.25, 0.3) is 6.08 Å². The average Bonchev–Trinajstić information content (AvgIpc) is 2.85. The second kappa shape index (κ2) is 6.01. The van der Waals surface area contributed by atoms with Crippen molar-refractivity contribution in [1.82, 2.24) is 0 Å². The quantitative estimate of drug-likeness (QED) is 0.643. The number of benzene rings is 2. The number of hydrogen-bond acceptors (Lipinski definition) is 4. The van der Waals surface area contributed by atoms with Gasteiger partial charge >= 0.3 is 0 Å². The number of allylic oxidation sites excluding steroid dienone is 1. The van der Waals surface area contributed by atoms with Gasteiger partial charge in [-0.15, -0.1) is 0 Å². The minimum Gasteiger partial charge on any atom is -0.497 e. The van der Waals surface area contributed by atoms with E-state index in [4.69, 9.17) is 4.74 Å². The molecule has 0 bridgehead atoms. The summed E-state index contributed by atoms with van der Waals surface area (Å²) in [6.07, 6.45) is 2.87. The van der Waals surface area contributed by atoms with Gasteiger partial charge in [-0.2, -0.15) is 0 Å². The number of carbonyl (C=O) groups is 3. The summed E-state index contributed by atoms with van der Waals surface area (Å²) in [6.45, 7) is 0. The topological polar surface area (TPSA) is 60.4 Å². The van der Waals surface area contributed by atoms with Crippen molar-refractivity contribution in [2.24, 2.45) is 5.92 Å². The molecule has 0 fully saturated rings. The predicted octanol–water partition coefficient (Wildman–Crippen LogP) is 2.97. The maximum absolute atomic E-state index is 12.3. The molecule has 0 aromatic heterocycles. The van der Waals surface area contributed by atoms with Gasteiger partial charge in [-0.3, -0.25) is 14.4 Å². The van der Waals surface area contributed by atoms with Crippen LogP contribution in [-0.2, 0) is 4.79 Å². The third kappa shape index (κ3) is 2.71. The molecular weight excluding hydrogens is 292 g/mol. The number of ketones is 3. The lowest BCUT2D eigenvalue weighted by molar-refractivity contribution is -0.115. The first-order valence-corrected chi connectivity index (χ1v) is 7.15. The Bertz CT molecular complexity index is 781. The van der Waals surface area contributed by atoms with Gasteiger partial charge in [0.1, 0.15) is 11.7 Å². The van der Waals surface area contributed by atoms with E-state index < -0.39 is 23.3 Å². The van der Waals surface area contributed by atoms with Crippen molar-refractivity contribution < 1.29 is 19.1 Å². The molecule has 1 aliphatic rings. The van der Waals surface area contributed by atoms with Crippen LogP contribution in [0, 0.1) is 5.92 Å². The maximum atomic E-state index is 12.3. The summed E-state index contributed by atoms with van der Waals surface area (Å²) in [5.41, 5.74) is 1.44. The Hall–Kier alpha value is -3.01. The molecule has 23 heavy (non-hydrogen) atoms. The molecule has 1 aliphatic carbocycles. The highest BCUT2D eigenvalue weighted by molar-refractivity contribution is 6.37. The lowest BCUT2D eigenvalue weighted by Gasteiger charge is -2.02. The number of fused-ring (bicyclic) bond motifs is 1. The molecule has 0 saturated carbocycles. The molecule has 0 N–H and O–H groups in total. The van der Waals surface area contributed by atoms with Crippen LogP contribution in [0.5, 0.6) is 5.75 Å². The fourth-order valence-corrected chi connectivity index (χ4v) is 2.59. The number of ether oxygens (including phenoxy) is 1. The zero-order valence-corrected chi connectivity index (χ0v) is 12.5. The van der Waals surface area contributed by atoms with Crippen molar-refractivity contribution in [3.8, 4) is 5.75 Å². The second-order valence-electron chi connectivity index (χ2n) is 5.22. The van der Waals surface area contributed by atoms with E-state index in [0.717, 1.165) is 5.56 Å². The molecule has 114 valence electrons. The highest BCUT2D eigenvalue weighted by Gasteiger charge is 2.41. The van der Waals surface area contributed by atoms with E-state index in [1.165, 1.54) is 6.08 Å². The highest BCUT2D eigenvalue weighted by Crippen LogP contribution is 2.27. The molecular formula is C19H14O4. The molecule has 0 aliphatic heterocycles. The monoisotopic (exact) mass is 306 g/mol. The Morgan fingerprint density at radius 1 is 0.957 bits per heavy atom. The van der Waals surface area contributed by atoms with E-state index >= 15 is 0 Å². The van der Waals surface area contributed by atoms with Crippen LogP contribution < -0.4 is 4.74 Å². The van der Waals surface area contributed by atoms with Crippen LogP contribution in [-0.4, -0.2) is 24.5 Å². The molecule has 0 heterocycles. The summed E-state index contributed by atoms with van der Waals surface area (Å²) >= 11 is 0. The first-order chi connectivity index (χ1) is 11.1. The molecule has 0 radical (unpaired) electrons. The highest BCUT2D eigenvalue weighted by atomic mass is 16.5. The summed E-state index contributed by atoms with van der Waals surface area (Å²) < 4.78 is 5.06. The minimum absolute atomic E-state index is 0.327. The summed E-state index contributed by atoms with van der Waals surface area (Å²) in [6, 6.07) is 13.6. The van der Waals surface area contributed by atoms with Crippen molar-refractivity contribution in [3.63, 3.8) is 0 Å². The average molecular weight is 306 g/mol. The first kappa shape index (κ1) is 14.9. The lowest BCUT2D eigenvalue weighted by atomic mass is 9.97. The molecule has 0 spiro atoms. The summed E-state index contributed by atoms with van der Waals surface area (Å²) in [4.78, 5) is 36.8. The van der Waals surface area contributed by atoms with Gasteiger partial charge in [0.05, 0.1) is 7.11 Å². The van der Waals surface area contributed by atoms with Gasteiger partial charge in [-0.05, 0) is 23.8 Å². The summed E-state index contributed by atoms with van der Waals surface area (Å²) in [5, 5.41) is 0. The fraction of sp³-hybridized carbons (Fsp3) is 0.105. The van der Waals surface area contributed by atoms with Crippen molar-refractivity contribution in [1.29, 1.82) is 0 Å². The second-order valence-corrected chi connectivity index (χ2v) is 5.22. The van der Waals surface area contributed by atoms with Crippen LogP contribution in [0.4, 0.5) is 0 Å². The standard InChI is InChI=1S/C19H14O4/c1-23-13-9-6-12(7-10-13)8-11-16(20)17-18(21)14-4-2-3-5-15(14)19(17)22/h2-11,17H,1H3/b11-8-. The Kier molecular flexibility index (Phi) is 3.89. The van der Waals surface area contributed by atoms with Gasteiger partial charge in [0.2, 0.25) is 0 Å². The smallest absolute Gasteiger partial charge is 0.182 e. The Morgan fingerprint density at radius 2 is 1.52 bits per heavy atom. The molecule has 0 saturated heterocycles. The Balaban J connectivity index is 1.80. The first-order valence-electron chi connectivity index (χ1n) is 7.15. The van der Waals surface area contributed by atoms with Gasteiger partial charge in [-0.1, -0.05) is 42.5 Å². The molecule has 2 aromatic rings. The van der Waals surface area contributed by atoms with Crippen LogP contribution >= 0.6 is 0 Å². The summed E-state index contributed by atoms with van der Waals surface area (Å²) in [7, 11) is 1.57. The molecule has 2 aromatic carbocycles. The van der Waals surface area contributed by atoms with Crippen molar-refractivity contribution in [3.05, 3.63) is 71.3 Å². The van der Waals surface area contributed by atoms with Crippen LogP contribution in [0.3, 0.4) is 0 Å². The zero-order valence-electron chi connectivity index (χ0n) is 12.5. The number of methoxy groups -OCH3 is 1. The predicted molar refractivity (Wildman–Crippen MR) is 85.6 cm³/mol. The molecule has 0 unspecified atom stereocenters. The Morgan fingerprint density at radius 3 is 2.04 bits per heavy atom. The molecule has 0 amide bonds. The van der Waals surface area contributed by atoms with Crippen molar-refractivity contribution in [2.45, 2.75) is 0 Å². The SMILES string of the molecule is COc1ccc(/C=C\C(=O)C2C(=O)c3ccccc3C2=O)cc1. The molecule has 4 heteroatoms. The zero-order chi connectivity index (χ0) is 16.4. The van der Waals surface area contributed by atoms with E-state index in [2.05, 4.69) is 0 Å². The molecule has 4 nitrogen and oxygen atoms in total. The number of hydrogen-bond donors (Lipinski definition) is 0. The third-order valence-corrected chi connectivity index (χ3v) is 3.82. The Labute approximate surface area is 133 Å². The van der Waals surface area contributed by atoms with E-state index in [1.807, 2.05) is 0 Å². The number of Topliss-reactive ketones (excluding diaryl/α,β-unsaturated/α-hetero) is 2. The lowest BCUT2D eigenvalue weighted by Crippen LogP contribution is -2.23. The van der Waals surface area contributed by atoms with Crippen LogP contribution in [0.1, 0.15) is 26.3 Å². The number of rotatable bonds is 4. The van der Waals surface area contributed by atoms with Gasteiger partial charge in [0, 0.05) is 11.1 Å². The van der Waals surface area contributed by atoms with Crippen molar-refractivity contribution >= 4 is 23.4 Å².